The molecule has 0 saturated carbocycles. The van der Waals surface area contributed by atoms with Crippen LogP contribution in [0.25, 0.3) is 0 Å². The Hall–Kier alpha value is -0.650. The van der Waals surface area contributed by atoms with Crippen LogP contribution in [-0.4, -0.2) is 47.5 Å². The van der Waals surface area contributed by atoms with E-state index in [0.29, 0.717) is 6.42 Å². The van der Waals surface area contributed by atoms with Gasteiger partial charge in [-0.2, -0.15) is 0 Å². The number of nitrogens with zero attached hydrogens (tertiary/aromatic N) is 1. The Bertz CT molecular complexity index is 218. The molecule has 0 aromatic rings. The fraction of sp³-hybridized carbons (Fsp3) is 0.933. The molecular weight excluding hydrogens is 258 g/mol. The average molecular weight is 289 g/mol. The van der Waals surface area contributed by atoms with Crippen molar-refractivity contribution in [3.63, 3.8) is 0 Å². The molecule has 0 amide bonds. The van der Waals surface area contributed by atoms with Gasteiger partial charge in [0.2, 0.25) is 0 Å². The molecule has 5 nitrogen and oxygen atoms in total. The minimum atomic E-state index is -0.280. The highest BCUT2D eigenvalue weighted by Gasteiger charge is 2.10. The van der Waals surface area contributed by atoms with Gasteiger partial charge in [-0.1, -0.05) is 51.9 Å². The van der Waals surface area contributed by atoms with Gasteiger partial charge in [0.05, 0.1) is 26.3 Å². The molecule has 0 bridgehead atoms. The van der Waals surface area contributed by atoms with E-state index in [2.05, 4.69) is 6.92 Å². The van der Waals surface area contributed by atoms with Crippen LogP contribution in [0.3, 0.4) is 0 Å². The van der Waals surface area contributed by atoms with Gasteiger partial charge in [0.1, 0.15) is 0 Å². The van der Waals surface area contributed by atoms with Crippen molar-refractivity contribution in [2.75, 3.05) is 26.3 Å². The molecule has 0 atom stereocenters. The maximum atomic E-state index is 11.5. The zero-order chi connectivity index (χ0) is 15.1. The lowest BCUT2D eigenvalue weighted by atomic mass is 10.1. The van der Waals surface area contributed by atoms with E-state index >= 15 is 0 Å². The van der Waals surface area contributed by atoms with Crippen LogP contribution in [0.15, 0.2) is 0 Å². The third kappa shape index (κ3) is 12.4. The first kappa shape index (κ1) is 19.4. The lowest BCUT2D eigenvalue weighted by molar-refractivity contribution is -0.194. The van der Waals surface area contributed by atoms with Crippen LogP contribution in [0.4, 0.5) is 0 Å². The molecule has 0 fully saturated rings. The number of carbonyl (C=O) groups excluding carboxylic acids is 1. The van der Waals surface area contributed by atoms with Crippen molar-refractivity contribution >= 4 is 5.97 Å². The average Bonchev–Trinajstić information content (AvgIpc) is 2.42. The van der Waals surface area contributed by atoms with Crippen molar-refractivity contribution in [2.24, 2.45) is 0 Å². The van der Waals surface area contributed by atoms with E-state index in [-0.39, 0.29) is 32.3 Å². The minimum Gasteiger partial charge on any atom is -0.395 e. The van der Waals surface area contributed by atoms with E-state index in [1.165, 1.54) is 43.6 Å². The maximum Gasteiger partial charge on any atom is 0.325 e. The van der Waals surface area contributed by atoms with Gasteiger partial charge in [-0.15, -0.1) is 5.06 Å². The van der Waals surface area contributed by atoms with Crippen molar-refractivity contribution < 1.29 is 19.8 Å². The van der Waals surface area contributed by atoms with Crippen LogP contribution in [-0.2, 0) is 9.63 Å². The number of rotatable bonds is 14. The summed E-state index contributed by atoms with van der Waals surface area (Å²) in [4.78, 5) is 16.6. The van der Waals surface area contributed by atoms with Crippen LogP contribution in [0.5, 0.6) is 0 Å². The Morgan fingerprint density at radius 3 is 1.90 bits per heavy atom. The first-order valence-electron chi connectivity index (χ1n) is 7.92. The molecule has 0 aliphatic heterocycles. The van der Waals surface area contributed by atoms with Gasteiger partial charge in [0, 0.05) is 6.42 Å². The molecule has 0 saturated heterocycles. The summed E-state index contributed by atoms with van der Waals surface area (Å²) >= 11 is 0. The monoisotopic (exact) mass is 289 g/mol. The summed E-state index contributed by atoms with van der Waals surface area (Å²) in [6.45, 7) is 2.51. The van der Waals surface area contributed by atoms with E-state index < -0.39 is 0 Å². The van der Waals surface area contributed by atoms with Gasteiger partial charge in [0.25, 0.3) is 0 Å². The van der Waals surface area contributed by atoms with E-state index in [0.717, 1.165) is 12.8 Å². The Kier molecular flexibility index (Phi) is 14.3. The third-order valence-corrected chi connectivity index (χ3v) is 3.16. The fourth-order valence-electron chi connectivity index (χ4n) is 2.02. The number of hydrogen-bond donors (Lipinski definition) is 2. The first-order valence-corrected chi connectivity index (χ1v) is 7.92. The number of hydroxylamine groups is 2. The van der Waals surface area contributed by atoms with E-state index in [1.807, 2.05) is 0 Å². The first-order chi connectivity index (χ1) is 9.74. The summed E-state index contributed by atoms with van der Waals surface area (Å²) in [5.74, 6) is -0.280. The molecule has 0 aromatic heterocycles. The Morgan fingerprint density at radius 1 is 0.900 bits per heavy atom. The molecule has 0 radical (unpaired) electrons. The molecule has 120 valence electrons. The second-order valence-electron chi connectivity index (χ2n) is 5.06. The number of aliphatic hydroxyl groups is 2. The third-order valence-electron chi connectivity index (χ3n) is 3.16. The highest BCUT2D eigenvalue weighted by atomic mass is 16.7. The topological polar surface area (TPSA) is 70.0 Å². The van der Waals surface area contributed by atoms with Gasteiger partial charge in [-0.05, 0) is 6.42 Å². The summed E-state index contributed by atoms with van der Waals surface area (Å²) in [5.41, 5.74) is 0. The van der Waals surface area contributed by atoms with Crippen molar-refractivity contribution in [3.8, 4) is 0 Å². The van der Waals surface area contributed by atoms with Crippen LogP contribution < -0.4 is 0 Å². The standard InChI is InChI=1S/C15H31NO4/c1-2-3-4-5-6-7-8-9-10-15(19)20-16(11-13-17)12-14-18/h17-18H,2-14H2,1H3. The summed E-state index contributed by atoms with van der Waals surface area (Å²) < 4.78 is 0. The van der Waals surface area contributed by atoms with Gasteiger partial charge in [-0.25, -0.2) is 0 Å². The second kappa shape index (κ2) is 14.8. The smallest absolute Gasteiger partial charge is 0.325 e. The highest BCUT2D eigenvalue weighted by Crippen LogP contribution is 2.10. The van der Waals surface area contributed by atoms with Gasteiger partial charge in [-0.3, -0.25) is 4.79 Å². The lowest BCUT2D eigenvalue weighted by Gasteiger charge is -2.18. The molecule has 0 rings (SSSR count). The molecule has 0 aliphatic rings. The molecule has 20 heavy (non-hydrogen) atoms. The number of aliphatic hydroxyl groups excluding tert-OH is 2. The summed E-state index contributed by atoms with van der Waals surface area (Å²) in [6, 6.07) is 0. The molecule has 0 aliphatic carbocycles. The molecule has 0 heterocycles. The fourth-order valence-corrected chi connectivity index (χ4v) is 2.02. The van der Waals surface area contributed by atoms with Gasteiger partial charge in [0.15, 0.2) is 0 Å². The second-order valence-corrected chi connectivity index (χ2v) is 5.06. The number of unbranched alkanes of at least 4 members (excludes halogenated alkanes) is 7. The van der Waals surface area contributed by atoms with Crippen LogP contribution in [0.1, 0.15) is 64.7 Å². The quantitative estimate of drug-likeness (QED) is 0.379. The van der Waals surface area contributed by atoms with Crippen molar-refractivity contribution in [3.05, 3.63) is 0 Å². The predicted octanol–water partition coefficient (Wildman–Crippen LogP) is 2.26. The largest absolute Gasteiger partial charge is 0.395 e. The molecule has 2 N–H and O–H groups in total. The summed E-state index contributed by atoms with van der Waals surface area (Å²) in [7, 11) is 0. The Morgan fingerprint density at radius 2 is 1.40 bits per heavy atom. The normalized spacial score (nSPS) is 11.0. The number of hydrogen-bond acceptors (Lipinski definition) is 5. The van der Waals surface area contributed by atoms with E-state index in [4.69, 9.17) is 15.1 Å². The van der Waals surface area contributed by atoms with Crippen molar-refractivity contribution in [2.45, 2.75) is 64.7 Å². The Labute approximate surface area is 122 Å². The van der Waals surface area contributed by atoms with Gasteiger partial charge >= 0.3 is 5.97 Å². The predicted molar refractivity (Wildman–Crippen MR) is 79.1 cm³/mol. The minimum absolute atomic E-state index is 0.0922. The van der Waals surface area contributed by atoms with Crippen LogP contribution >= 0.6 is 0 Å². The zero-order valence-electron chi connectivity index (χ0n) is 12.9. The van der Waals surface area contributed by atoms with E-state index in [1.54, 1.807) is 0 Å². The highest BCUT2D eigenvalue weighted by molar-refractivity contribution is 5.68. The maximum absolute atomic E-state index is 11.5. The van der Waals surface area contributed by atoms with Gasteiger partial charge < -0.3 is 15.1 Å². The Balaban J connectivity index is 3.47. The summed E-state index contributed by atoms with van der Waals surface area (Å²) in [6.07, 6.45) is 9.92. The molecule has 0 aromatic carbocycles. The summed E-state index contributed by atoms with van der Waals surface area (Å²) in [5, 5.41) is 18.9. The van der Waals surface area contributed by atoms with Crippen LogP contribution in [0, 0.1) is 0 Å². The molecule has 0 spiro atoms. The number of carbonyl (C=O) groups is 1. The molecular formula is C15H31NO4. The van der Waals surface area contributed by atoms with Crippen LogP contribution in [0.2, 0.25) is 0 Å². The van der Waals surface area contributed by atoms with Crippen molar-refractivity contribution in [1.29, 1.82) is 0 Å². The molecule has 0 unspecified atom stereocenters. The van der Waals surface area contributed by atoms with E-state index in [9.17, 15) is 4.79 Å². The zero-order valence-corrected chi connectivity index (χ0v) is 12.9. The SMILES string of the molecule is CCCCCCCCCCC(=O)ON(CCO)CCO. The molecule has 5 heteroatoms. The lowest BCUT2D eigenvalue weighted by Crippen LogP contribution is -2.32. The van der Waals surface area contributed by atoms with Crippen molar-refractivity contribution in [1.82, 2.24) is 5.06 Å².